The Balaban J connectivity index is 1.68. The minimum Gasteiger partial charge on any atom is -0.495 e. The lowest BCUT2D eigenvalue weighted by Gasteiger charge is -2.03. The van der Waals surface area contributed by atoms with Crippen LogP contribution in [0, 0.1) is 0 Å². The van der Waals surface area contributed by atoms with Gasteiger partial charge in [0.1, 0.15) is 5.75 Å². The Kier molecular flexibility index (Phi) is 3.92. The molecule has 5 heteroatoms. The Morgan fingerprint density at radius 3 is 2.79 bits per heavy atom. The molecule has 3 heterocycles. The SMILES string of the molecule is COc1cncc(-c2ccc3nc(Cc4cccnc4)sc3c2)c1. The molecule has 4 rings (SSSR count). The summed E-state index contributed by atoms with van der Waals surface area (Å²) in [7, 11) is 1.65. The van der Waals surface area contributed by atoms with Gasteiger partial charge in [-0.05, 0) is 35.4 Å². The van der Waals surface area contributed by atoms with Gasteiger partial charge >= 0.3 is 0 Å². The summed E-state index contributed by atoms with van der Waals surface area (Å²) >= 11 is 1.72. The highest BCUT2D eigenvalue weighted by molar-refractivity contribution is 7.18. The van der Waals surface area contributed by atoms with Crippen LogP contribution in [0.4, 0.5) is 0 Å². The number of fused-ring (bicyclic) bond motifs is 1. The standard InChI is InChI=1S/C19H15N3OS/c1-23-16-8-15(11-21-12-16)14-4-5-17-18(9-14)24-19(22-17)7-13-3-2-6-20-10-13/h2-6,8-12H,7H2,1H3. The van der Waals surface area contributed by atoms with Gasteiger partial charge < -0.3 is 4.74 Å². The summed E-state index contributed by atoms with van der Waals surface area (Å²) in [6.07, 6.45) is 8.04. The molecule has 0 aliphatic carbocycles. The minimum atomic E-state index is 0.758. The second-order valence-corrected chi connectivity index (χ2v) is 6.56. The third-order valence-electron chi connectivity index (χ3n) is 3.79. The largest absolute Gasteiger partial charge is 0.495 e. The van der Waals surface area contributed by atoms with E-state index in [1.807, 2.05) is 24.5 Å². The van der Waals surface area contributed by atoms with Gasteiger partial charge in [0.25, 0.3) is 0 Å². The Morgan fingerprint density at radius 2 is 1.96 bits per heavy atom. The number of thiazole rings is 1. The first-order chi connectivity index (χ1) is 11.8. The smallest absolute Gasteiger partial charge is 0.137 e. The zero-order valence-electron chi connectivity index (χ0n) is 13.1. The molecule has 4 nitrogen and oxygen atoms in total. The van der Waals surface area contributed by atoms with Gasteiger partial charge in [0, 0.05) is 30.6 Å². The van der Waals surface area contributed by atoms with Gasteiger partial charge in [-0.3, -0.25) is 9.97 Å². The Hall–Kier alpha value is -2.79. The van der Waals surface area contributed by atoms with E-state index in [-0.39, 0.29) is 0 Å². The molecule has 3 aromatic heterocycles. The Labute approximate surface area is 143 Å². The van der Waals surface area contributed by atoms with Crippen LogP contribution >= 0.6 is 11.3 Å². The molecule has 0 N–H and O–H groups in total. The van der Waals surface area contributed by atoms with Crippen LogP contribution in [0.2, 0.25) is 0 Å². The zero-order valence-corrected chi connectivity index (χ0v) is 14.0. The summed E-state index contributed by atoms with van der Waals surface area (Å²) in [5.74, 6) is 0.758. The lowest BCUT2D eigenvalue weighted by molar-refractivity contribution is 0.413. The van der Waals surface area contributed by atoms with Crippen LogP contribution in [-0.4, -0.2) is 22.1 Å². The molecule has 0 unspecified atom stereocenters. The van der Waals surface area contributed by atoms with Gasteiger partial charge in [-0.2, -0.15) is 0 Å². The molecule has 0 saturated carbocycles. The van der Waals surface area contributed by atoms with Crippen molar-refractivity contribution >= 4 is 21.6 Å². The van der Waals surface area contributed by atoms with Crippen molar-refractivity contribution in [1.82, 2.24) is 15.0 Å². The van der Waals surface area contributed by atoms with Gasteiger partial charge in [0.2, 0.25) is 0 Å². The summed E-state index contributed by atoms with van der Waals surface area (Å²) in [6, 6.07) is 12.3. The molecule has 0 spiro atoms. The fourth-order valence-electron chi connectivity index (χ4n) is 2.59. The van der Waals surface area contributed by atoms with Crippen LogP contribution in [-0.2, 0) is 6.42 Å². The first-order valence-electron chi connectivity index (χ1n) is 7.59. The van der Waals surface area contributed by atoms with Crippen molar-refractivity contribution in [3.8, 4) is 16.9 Å². The average Bonchev–Trinajstić information content (AvgIpc) is 3.04. The average molecular weight is 333 g/mol. The van der Waals surface area contributed by atoms with Crippen LogP contribution in [0.25, 0.3) is 21.3 Å². The van der Waals surface area contributed by atoms with E-state index in [9.17, 15) is 0 Å². The number of rotatable bonds is 4. The molecule has 118 valence electrons. The van der Waals surface area contributed by atoms with Gasteiger partial charge in [-0.15, -0.1) is 11.3 Å². The predicted octanol–water partition coefficient (Wildman–Crippen LogP) is 4.35. The first-order valence-corrected chi connectivity index (χ1v) is 8.41. The van der Waals surface area contributed by atoms with Crippen LogP contribution < -0.4 is 4.74 Å². The van der Waals surface area contributed by atoms with Gasteiger partial charge in [0.15, 0.2) is 0 Å². The van der Waals surface area contributed by atoms with Crippen molar-refractivity contribution in [1.29, 1.82) is 0 Å². The molecule has 0 bridgehead atoms. The number of hydrogen-bond donors (Lipinski definition) is 0. The van der Waals surface area contributed by atoms with Crippen LogP contribution in [0.15, 0.2) is 61.2 Å². The number of methoxy groups -OCH3 is 1. The maximum atomic E-state index is 5.26. The van der Waals surface area contributed by atoms with Gasteiger partial charge in [0.05, 0.1) is 28.5 Å². The van der Waals surface area contributed by atoms with Crippen molar-refractivity contribution in [2.45, 2.75) is 6.42 Å². The number of pyridine rings is 2. The number of nitrogens with zero attached hydrogens (tertiary/aromatic N) is 3. The molecule has 0 saturated heterocycles. The predicted molar refractivity (Wildman–Crippen MR) is 96.4 cm³/mol. The maximum Gasteiger partial charge on any atom is 0.137 e. The number of hydrogen-bond acceptors (Lipinski definition) is 5. The topological polar surface area (TPSA) is 47.9 Å². The van der Waals surface area contributed by atoms with Crippen molar-refractivity contribution in [2.24, 2.45) is 0 Å². The fraction of sp³-hybridized carbons (Fsp3) is 0.105. The number of aromatic nitrogens is 3. The summed E-state index contributed by atoms with van der Waals surface area (Å²) in [5.41, 5.74) is 4.36. The second kappa shape index (κ2) is 6.37. The highest BCUT2D eigenvalue weighted by Crippen LogP contribution is 2.30. The monoisotopic (exact) mass is 333 g/mol. The van der Waals surface area contributed by atoms with E-state index < -0.39 is 0 Å². The molecule has 1 aromatic carbocycles. The second-order valence-electron chi connectivity index (χ2n) is 5.44. The van der Waals surface area contributed by atoms with Gasteiger partial charge in [-0.25, -0.2) is 4.98 Å². The third kappa shape index (κ3) is 2.98. The van der Waals surface area contributed by atoms with E-state index in [0.29, 0.717) is 0 Å². The van der Waals surface area contributed by atoms with E-state index in [2.05, 4.69) is 34.2 Å². The summed E-state index contributed by atoms with van der Waals surface area (Å²) in [4.78, 5) is 13.1. The van der Waals surface area contributed by atoms with Gasteiger partial charge in [-0.1, -0.05) is 12.1 Å². The van der Waals surface area contributed by atoms with Crippen LogP contribution in [0.3, 0.4) is 0 Å². The van der Waals surface area contributed by atoms with E-state index in [1.54, 1.807) is 30.8 Å². The van der Waals surface area contributed by atoms with Crippen molar-refractivity contribution in [3.63, 3.8) is 0 Å². The molecule has 0 atom stereocenters. The van der Waals surface area contributed by atoms with Crippen LogP contribution in [0.1, 0.15) is 10.6 Å². The molecule has 0 radical (unpaired) electrons. The maximum absolute atomic E-state index is 5.26. The van der Waals surface area contributed by atoms with E-state index in [4.69, 9.17) is 9.72 Å². The molecule has 0 amide bonds. The van der Waals surface area contributed by atoms with E-state index >= 15 is 0 Å². The summed E-state index contributed by atoms with van der Waals surface area (Å²) < 4.78 is 6.43. The lowest BCUT2D eigenvalue weighted by atomic mass is 10.1. The van der Waals surface area contributed by atoms with E-state index in [1.165, 1.54) is 10.3 Å². The highest BCUT2D eigenvalue weighted by atomic mass is 32.1. The van der Waals surface area contributed by atoms with Crippen molar-refractivity contribution in [3.05, 3.63) is 71.8 Å². The van der Waals surface area contributed by atoms with Crippen molar-refractivity contribution in [2.75, 3.05) is 7.11 Å². The molecule has 24 heavy (non-hydrogen) atoms. The lowest BCUT2D eigenvalue weighted by Crippen LogP contribution is -1.87. The Bertz CT molecular complexity index is 982. The third-order valence-corrected chi connectivity index (χ3v) is 4.81. The molecular weight excluding hydrogens is 318 g/mol. The van der Waals surface area contributed by atoms with Crippen molar-refractivity contribution < 1.29 is 4.74 Å². The zero-order chi connectivity index (χ0) is 16.4. The first kappa shape index (κ1) is 14.8. The number of benzene rings is 1. The summed E-state index contributed by atoms with van der Waals surface area (Å²) in [5, 5.41) is 1.10. The number of ether oxygens (including phenoxy) is 1. The molecule has 0 fully saturated rings. The molecule has 0 aliphatic heterocycles. The molecular formula is C19H15N3OS. The van der Waals surface area contributed by atoms with E-state index in [0.717, 1.165) is 33.8 Å². The quantitative estimate of drug-likeness (QED) is 0.557. The normalized spacial score (nSPS) is 10.9. The fourth-order valence-corrected chi connectivity index (χ4v) is 3.63. The molecule has 0 aliphatic rings. The minimum absolute atomic E-state index is 0.758. The molecule has 4 aromatic rings. The highest BCUT2D eigenvalue weighted by Gasteiger charge is 2.08. The summed E-state index contributed by atoms with van der Waals surface area (Å²) in [6.45, 7) is 0. The van der Waals surface area contributed by atoms with Crippen LogP contribution in [0.5, 0.6) is 5.75 Å². The Morgan fingerprint density at radius 1 is 1.00 bits per heavy atom.